The van der Waals surface area contributed by atoms with E-state index in [4.69, 9.17) is 9.47 Å². The molecule has 2 aromatic carbocycles. The number of ketones is 2. The molecule has 0 bridgehead atoms. The van der Waals surface area contributed by atoms with Crippen LogP contribution in [0, 0.1) is 5.82 Å². The first kappa shape index (κ1) is 37.1. The molecular formula is C40H47FO6S. The molecule has 2 aliphatic rings. The molecule has 6 nitrogen and oxygen atoms in total. The fraction of sp³-hybridized carbons (Fsp3) is 0.425. The second-order valence-electron chi connectivity index (χ2n) is 12.5. The zero-order chi connectivity index (χ0) is 34.8. The number of carbonyl (C=O) groups is 3. The van der Waals surface area contributed by atoms with E-state index in [1.165, 1.54) is 19.2 Å². The van der Waals surface area contributed by atoms with E-state index in [1.54, 1.807) is 19.2 Å². The van der Waals surface area contributed by atoms with Gasteiger partial charge in [-0.15, -0.1) is 0 Å². The van der Waals surface area contributed by atoms with Crippen LogP contribution in [0.1, 0.15) is 108 Å². The van der Waals surface area contributed by atoms with Crippen LogP contribution in [0.25, 0.3) is 17.2 Å². The minimum Gasteiger partial charge on any atom is -0.612 e. The van der Waals surface area contributed by atoms with E-state index >= 15 is 0 Å². The number of carbonyl (C=O) groups excluding carboxylic acids is 3. The van der Waals surface area contributed by atoms with Crippen LogP contribution < -0.4 is 0 Å². The van der Waals surface area contributed by atoms with Crippen LogP contribution >= 0.6 is 0 Å². The maximum Gasteiger partial charge on any atom is 0.310 e. The van der Waals surface area contributed by atoms with E-state index in [9.17, 15) is 23.3 Å². The van der Waals surface area contributed by atoms with Gasteiger partial charge in [-0.05, 0) is 127 Å². The second kappa shape index (κ2) is 17.6. The summed E-state index contributed by atoms with van der Waals surface area (Å²) in [7, 11) is 1.45. The van der Waals surface area contributed by atoms with E-state index in [0.717, 1.165) is 89.7 Å². The van der Waals surface area contributed by atoms with Crippen molar-refractivity contribution in [2.24, 2.45) is 0 Å². The van der Waals surface area contributed by atoms with Gasteiger partial charge < -0.3 is 14.0 Å². The van der Waals surface area contributed by atoms with Gasteiger partial charge in [-0.3, -0.25) is 14.4 Å². The topological polar surface area (TPSA) is 92.7 Å². The van der Waals surface area contributed by atoms with E-state index in [2.05, 4.69) is 0 Å². The van der Waals surface area contributed by atoms with E-state index in [1.807, 2.05) is 44.2 Å². The molecule has 0 aliphatic heterocycles. The number of halogens is 1. The largest absolute Gasteiger partial charge is 0.612 e. The third-order valence-corrected chi connectivity index (χ3v) is 10.2. The fourth-order valence-electron chi connectivity index (χ4n) is 6.50. The van der Waals surface area contributed by atoms with Gasteiger partial charge in [0.15, 0.2) is 16.4 Å². The lowest BCUT2D eigenvalue weighted by Crippen LogP contribution is -2.24. The normalized spacial score (nSPS) is 16.3. The Morgan fingerprint density at radius 3 is 2.10 bits per heavy atom. The number of rotatable bonds is 17. The summed E-state index contributed by atoms with van der Waals surface area (Å²) in [5.74, 6) is -0.679. The van der Waals surface area contributed by atoms with Crippen molar-refractivity contribution >= 4 is 45.9 Å². The first-order valence-corrected chi connectivity index (χ1v) is 18.5. The summed E-state index contributed by atoms with van der Waals surface area (Å²) in [4.78, 5) is 39.0. The third kappa shape index (κ3) is 9.03. The standard InChI is InChI=1S/C40H47FO6S/c1-6-31-38(43)27(3)32(39(44)40(31)46-4)15-13-11-9-7-8-10-12-14-22-47-37(42)25-35-26(2)34(33-21-18-29(41)24-36(33)35)23-28-16-19-30(20-17-28)48(5)45/h16-21,23-24H,6-15,22,25H2,1-5H3/b34-23-. The zero-order valence-electron chi connectivity index (χ0n) is 28.8. The second-order valence-corrected chi connectivity index (χ2v) is 13.9. The van der Waals surface area contributed by atoms with Gasteiger partial charge in [0.25, 0.3) is 0 Å². The van der Waals surface area contributed by atoms with Crippen molar-refractivity contribution in [2.45, 2.75) is 96.3 Å². The molecule has 0 spiro atoms. The highest BCUT2D eigenvalue weighted by atomic mass is 32.2. The SMILES string of the molecule is CCC1=C(OC)C(=O)C(CCCCCCCCCCOC(=O)CC2=C(C)/C(=C/c3ccc([S+](C)[O-])cc3)c3ccc(F)cc32)=C(C)C1=O. The molecule has 2 aromatic rings. The molecule has 0 saturated heterocycles. The Hall–Kier alpha value is -3.75. The Morgan fingerprint density at radius 1 is 0.833 bits per heavy atom. The number of hydrogen-bond acceptors (Lipinski definition) is 6. The Bertz CT molecular complexity index is 1640. The first-order valence-electron chi connectivity index (χ1n) is 16.9. The van der Waals surface area contributed by atoms with Gasteiger partial charge in [0, 0.05) is 16.7 Å². The van der Waals surface area contributed by atoms with Crippen molar-refractivity contribution in [1.29, 1.82) is 0 Å². The molecule has 0 N–H and O–H groups in total. The minimum atomic E-state index is -1.06. The highest BCUT2D eigenvalue weighted by Gasteiger charge is 2.32. The van der Waals surface area contributed by atoms with Crippen molar-refractivity contribution < 1.29 is 32.8 Å². The van der Waals surface area contributed by atoms with E-state index in [0.29, 0.717) is 36.2 Å². The molecule has 0 fully saturated rings. The summed E-state index contributed by atoms with van der Waals surface area (Å²) >= 11 is -1.06. The quantitative estimate of drug-likeness (QED) is 0.0719. The van der Waals surface area contributed by atoms with Gasteiger partial charge >= 0.3 is 5.97 Å². The van der Waals surface area contributed by atoms with Crippen LogP contribution in [0.5, 0.6) is 0 Å². The molecule has 1 atom stereocenters. The average Bonchev–Trinajstić information content (AvgIpc) is 3.31. The predicted octanol–water partition coefficient (Wildman–Crippen LogP) is 9.11. The monoisotopic (exact) mass is 674 g/mol. The Labute approximate surface area is 287 Å². The average molecular weight is 675 g/mol. The molecular weight excluding hydrogens is 627 g/mol. The van der Waals surface area contributed by atoms with Crippen molar-refractivity contribution in [1.82, 2.24) is 0 Å². The van der Waals surface area contributed by atoms with Gasteiger partial charge in [0.2, 0.25) is 5.78 Å². The Balaban J connectivity index is 1.16. The first-order chi connectivity index (χ1) is 23.1. The molecule has 48 heavy (non-hydrogen) atoms. The molecule has 2 aliphatic carbocycles. The van der Waals surface area contributed by atoms with Crippen LogP contribution in [-0.2, 0) is 35.0 Å². The molecule has 256 valence electrons. The summed E-state index contributed by atoms with van der Waals surface area (Å²) in [6.45, 7) is 5.91. The van der Waals surface area contributed by atoms with Crippen LogP contribution in [0.3, 0.4) is 0 Å². The number of benzene rings is 2. The lowest BCUT2D eigenvalue weighted by Gasteiger charge is -2.20. The summed E-state index contributed by atoms with van der Waals surface area (Å²) < 4.78 is 36.9. The summed E-state index contributed by atoms with van der Waals surface area (Å²) in [5, 5.41) is 0. The van der Waals surface area contributed by atoms with Crippen molar-refractivity contribution in [3.05, 3.63) is 93.0 Å². The minimum absolute atomic E-state index is 0.0708. The summed E-state index contributed by atoms with van der Waals surface area (Å²) in [6, 6.07) is 12.2. The Kier molecular flexibility index (Phi) is 13.6. The molecule has 4 rings (SSSR count). The number of esters is 1. The van der Waals surface area contributed by atoms with Crippen LogP contribution in [0.4, 0.5) is 4.39 Å². The van der Waals surface area contributed by atoms with Crippen molar-refractivity contribution in [3.63, 3.8) is 0 Å². The van der Waals surface area contributed by atoms with Gasteiger partial charge in [0.05, 0.1) is 20.1 Å². The van der Waals surface area contributed by atoms with Gasteiger partial charge in [-0.2, -0.15) is 0 Å². The number of fused-ring (bicyclic) bond motifs is 1. The smallest absolute Gasteiger partial charge is 0.310 e. The molecule has 8 heteroatoms. The van der Waals surface area contributed by atoms with E-state index in [-0.39, 0.29) is 35.5 Å². The highest BCUT2D eigenvalue weighted by molar-refractivity contribution is 7.90. The van der Waals surface area contributed by atoms with Gasteiger partial charge in [-0.1, -0.05) is 51.5 Å². The number of Topliss-reactive ketones (excluding diaryl/α,β-unsaturated/α-hetero) is 2. The number of methoxy groups -OCH3 is 1. The Morgan fingerprint density at radius 2 is 1.48 bits per heavy atom. The highest BCUT2D eigenvalue weighted by Crippen LogP contribution is 2.44. The van der Waals surface area contributed by atoms with Crippen LogP contribution in [0.2, 0.25) is 0 Å². The van der Waals surface area contributed by atoms with Crippen molar-refractivity contribution in [3.8, 4) is 0 Å². The lowest BCUT2D eigenvalue weighted by molar-refractivity contribution is -0.142. The van der Waals surface area contributed by atoms with E-state index < -0.39 is 11.2 Å². The van der Waals surface area contributed by atoms with Crippen LogP contribution in [-0.4, -0.2) is 42.1 Å². The molecule has 0 amide bonds. The molecule has 0 radical (unpaired) electrons. The van der Waals surface area contributed by atoms with Crippen molar-refractivity contribution in [2.75, 3.05) is 20.0 Å². The number of ether oxygens (including phenoxy) is 2. The number of allylic oxidation sites excluding steroid dienone is 5. The molecule has 0 saturated carbocycles. The predicted molar refractivity (Wildman–Crippen MR) is 190 cm³/mol. The van der Waals surface area contributed by atoms with Gasteiger partial charge in [-0.25, -0.2) is 4.39 Å². The number of unbranched alkanes of at least 4 members (excludes halogenated alkanes) is 7. The molecule has 0 aromatic heterocycles. The maximum atomic E-state index is 14.3. The van der Waals surface area contributed by atoms with Gasteiger partial charge in [0.1, 0.15) is 12.1 Å². The lowest BCUT2D eigenvalue weighted by atomic mass is 9.85. The summed E-state index contributed by atoms with van der Waals surface area (Å²) in [6.07, 6.45) is 12.7. The summed E-state index contributed by atoms with van der Waals surface area (Å²) in [5.41, 5.74) is 6.79. The molecule has 1 unspecified atom stereocenters. The maximum absolute atomic E-state index is 14.3. The molecule has 0 heterocycles. The van der Waals surface area contributed by atoms with Crippen LogP contribution in [0.15, 0.2) is 75.4 Å². The number of hydrogen-bond donors (Lipinski definition) is 0. The zero-order valence-corrected chi connectivity index (χ0v) is 29.7. The fourth-order valence-corrected chi connectivity index (χ4v) is 7.02. The third-order valence-electron chi connectivity index (χ3n) is 9.26.